The van der Waals surface area contributed by atoms with E-state index in [0.29, 0.717) is 18.3 Å². The predicted octanol–water partition coefficient (Wildman–Crippen LogP) is 1.69. The molecule has 0 spiro atoms. The lowest BCUT2D eigenvalue weighted by atomic mass is 10.3. The summed E-state index contributed by atoms with van der Waals surface area (Å²) in [6.07, 6.45) is 2.51. The fourth-order valence-electron chi connectivity index (χ4n) is 0.538. The zero-order chi connectivity index (χ0) is 7.98. The average molecular weight is 162 g/mol. The van der Waals surface area contributed by atoms with Crippen LogP contribution in [0.5, 0.6) is 0 Å². The fourth-order valence-corrected chi connectivity index (χ4v) is 0.841. The van der Waals surface area contributed by atoms with Gasteiger partial charge in [0.15, 0.2) is 0 Å². The van der Waals surface area contributed by atoms with E-state index in [1.165, 1.54) is 0 Å². The molecule has 0 radical (unpaired) electrons. The standard InChI is InChI=1S/C7H14O2S/c1-4-9-7(8)5-6(2)10-3/h6H,4-5H2,1-3H3. The maximum atomic E-state index is 10.8. The third-order valence-corrected chi connectivity index (χ3v) is 2.13. The summed E-state index contributed by atoms with van der Waals surface area (Å²) in [5.74, 6) is -0.0932. The number of hydrogen-bond donors (Lipinski definition) is 0. The number of carbonyl (C=O) groups is 1. The third kappa shape index (κ3) is 4.68. The summed E-state index contributed by atoms with van der Waals surface area (Å²) in [5.41, 5.74) is 0. The second kappa shape index (κ2) is 5.59. The molecule has 0 fully saturated rings. The van der Waals surface area contributed by atoms with E-state index in [1.807, 2.05) is 20.1 Å². The quantitative estimate of drug-likeness (QED) is 0.588. The molecule has 0 aromatic heterocycles. The highest BCUT2D eigenvalue weighted by atomic mass is 32.2. The monoisotopic (exact) mass is 162 g/mol. The van der Waals surface area contributed by atoms with Crippen LogP contribution in [0, 0.1) is 0 Å². The van der Waals surface area contributed by atoms with Gasteiger partial charge in [0.2, 0.25) is 0 Å². The Labute approximate surface area is 66.3 Å². The van der Waals surface area contributed by atoms with Crippen molar-refractivity contribution in [3.05, 3.63) is 0 Å². The SMILES string of the molecule is CCOC(=O)CC(C)SC. The van der Waals surface area contributed by atoms with Crippen LogP contribution in [0.25, 0.3) is 0 Å². The molecule has 0 amide bonds. The van der Waals surface area contributed by atoms with Gasteiger partial charge in [0.25, 0.3) is 0 Å². The first-order valence-corrected chi connectivity index (χ1v) is 4.68. The van der Waals surface area contributed by atoms with Crippen LogP contribution in [0.4, 0.5) is 0 Å². The molecule has 0 N–H and O–H groups in total. The topological polar surface area (TPSA) is 26.3 Å². The molecule has 0 aliphatic rings. The molecule has 0 aromatic carbocycles. The molecule has 1 atom stereocenters. The number of hydrogen-bond acceptors (Lipinski definition) is 3. The van der Waals surface area contributed by atoms with Crippen molar-refractivity contribution >= 4 is 17.7 Å². The Morgan fingerprint density at radius 1 is 1.70 bits per heavy atom. The Bertz CT molecular complexity index is 104. The van der Waals surface area contributed by atoms with E-state index in [4.69, 9.17) is 4.74 Å². The zero-order valence-corrected chi connectivity index (χ0v) is 7.53. The molecule has 60 valence electrons. The summed E-state index contributed by atoms with van der Waals surface area (Å²) in [6, 6.07) is 0. The molecule has 0 saturated carbocycles. The smallest absolute Gasteiger partial charge is 0.306 e. The first-order chi connectivity index (χ1) is 4.70. The number of thioether (sulfide) groups is 1. The van der Waals surface area contributed by atoms with E-state index in [1.54, 1.807) is 11.8 Å². The number of carbonyl (C=O) groups excluding carboxylic acids is 1. The average Bonchev–Trinajstić information content (AvgIpc) is 1.88. The Morgan fingerprint density at radius 2 is 2.30 bits per heavy atom. The second-order valence-corrected chi connectivity index (χ2v) is 3.33. The molecular formula is C7H14O2S. The van der Waals surface area contributed by atoms with Crippen LogP contribution in [0.3, 0.4) is 0 Å². The molecular weight excluding hydrogens is 148 g/mol. The van der Waals surface area contributed by atoms with Gasteiger partial charge in [0.05, 0.1) is 13.0 Å². The molecule has 0 aliphatic heterocycles. The fraction of sp³-hybridized carbons (Fsp3) is 0.857. The van der Waals surface area contributed by atoms with Crippen molar-refractivity contribution in [1.29, 1.82) is 0 Å². The van der Waals surface area contributed by atoms with E-state index in [2.05, 4.69) is 0 Å². The highest BCUT2D eigenvalue weighted by Crippen LogP contribution is 2.09. The van der Waals surface area contributed by atoms with Gasteiger partial charge in [0.1, 0.15) is 0 Å². The van der Waals surface area contributed by atoms with E-state index in [0.717, 1.165) is 0 Å². The third-order valence-electron chi connectivity index (χ3n) is 1.16. The normalized spacial score (nSPS) is 12.7. The summed E-state index contributed by atoms with van der Waals surface area (Å²) in [4.78, 5) is 10.8. The Hall–Kier alpha value is -0.180. The second-order valence-electron chi connectivity index (χ2n) is 2.06. The largest absolute Gasteiger partial charge is 0.466 e. The lowest BCUT2D eigenvalue weighted by molar-refractivity contribution is -0.142. The molecule has 0 rings (SSSR count). The van der Waals surface area contributed by atoms with E-state index in [-0.39, 0.29) is 5.97 Å². The van der Waals surface area contributed by atoms with Crippen molar-refractivity contribution in [3.63, 3.8) is 0 Å². The van der Waals surface area contributed by atoms with Crippen LogP contribution in [-0.4, -0.2) is 24.1 Å². The van der Waals surface area contributed by atoms with Crippen LogP contribution in [-0.2, 0) is 9.53 Å². The van der Waals surface area contributed by atoms with Gasteiger partial charge < -0.3 is 4.74 Å². The van der Waals surface area contributed by atoms with Crippen LogP contribution < -0.4 is 0 Å². The Kier molecular flexibility index (Phi) is 5.49. The van der Waals surface area contributed by atoms with Gasteiger partial charge in [0, 0.05) is 5.25 Å². The number of esters is 1. The van der Waals surface area contributed by atoms with Crippen LogP contribution in [0.15, 0.2) is 0 Å². The molecule has 10 heavy (non-hydrogen) atoms. The molecule has 0 bridgehead atoms. The summed E-state index contributed by atoms with van der Waals surface area (Å²) in [6.45, 7) is 4.32. The van der Waals surface area contributed by atoms with Crippen molar-refractivity contribution in [2.24, 2.45) is 0 Å². The van der Waals surface area contributed by atoms with Gasteiger partial charge in [-0.25, -0.2) is 0 Å². The van der Waals surface area contributed by atoms with Crippen molar-refractivity contribution in [2.75, 3.05) is 12.9 Å². The minimum Gasteiger partial charge on any atom is -0.466 e. The Morgan fingerprint density at radius 3 is 2.70 bits per heavy atom. The predicted molar refractivity (Wildman–Crippen MR) is 44.2 cm³/mol. The van der Waals surface area contributed by atoms with E-state index < -0.39 is 0 Å². The van der Waals surface area contributed by atoms with Gasteiger partial charge in [-0.1, -0.05) is 6.92 Å². The highest BCUT2D eigenvalue weighted by Gasteiger charge is 2.06. The maximum Gasteiger partial charge on any atom is 0.306 e. The molecule has 1 unspecified atom stereocenters. The zero-order valence-electron chi connectivity index (χ0n) is 6.72. The van der Waals surface area contributed by atoms with E-state index >= 15 is 0 Å². The first-order valence-electron chi connectivity index (χ1n) is 3.39. The van der Waals surface area contributed by atoms with Gasteiger partial charge in [-0.2, -0.15) is 11.8 Å². The van der Waals surface area contributed by atoms with Crippen molar-refractivity contribution < 1.29 is 9.53 Å². The maximum absolute atomic E-state index is 10.8. The Balaban J connectivity index is 3.37. The summed E-state index contributed by atoms with van der Waals surface area (Å²) in [5, 5.41) is 0.374. The minimum atomic E-state index is -0.0932. The van der Waals surface area contributed by atoms with Crippen LogP contribution in [0.2, 0.25) is 0 Å². The van der Waals surface area contributed by atoms with E-state index in [9.17, 15) is 4.79 Å². The summed E-state index contributed by atoms with van der Waals surface area (Å²) < 4.78 is 4.76. The van der Waals surface area contributed by atoms with Crippen molar-refractivity contribution in [1.82, 2.24) is 0 Å². The molecule has 0 saturated heterocycles. The van der Waals surface area contributed by atoms with Crippen LogP contribution in [0.1, 0.15) is 20.3 Å². The van der Waals surface area contributed by atoms with Gasteiger partial charge in [-0.15, -0.1) is 0 Å². The lowest BCUT2D eigenvalue weighted by Gasteiger charge is -2.05. The molecule has 2 nitrogen and oxygen atoms in total. The van der Waals surface area contributed by atoms with Gasteiger partial charge in [-0.05, 0) is 13.2 Å². The highest BCUT2D eigenvalue weighted by molar-refractivity contribution is 7.99. The molecule has 3 heteroatoms. The first kappa shape index (κ1) is 9.82. The molecule has 0 aromatic rings. The summed E-state index contributed by atoms with van der Waals surface area (Å²) >= 11 is 1.68. The molecule has 0 heterocycles. The van der Waals surface area contributed by atoms with Crippen molar-refractivity contribution in [2.45, 2.75) is 25.5 Å². The summed E-state index contributed by atoms with van der Waals surface area (Å²) in [7, 11) is 0. The number of rotatable bonds is 4. The van der Waals surface area contributed by atoms with Crippen LogP contribution >= 0.6 is 11.8 Å². The number of ether oxygens (including phenoxy) is 1. The lowest BCUT2D eigenvalue weighted by Crippen LogP contribution is -2.09. The minimum absolute atomic E-state index is 0.0932. The van der Waals surface area contributed by atoms with Gasteiger partial charge >= 0.3 is 5.97 Å². The molecule has 0 aliphatic carbocycles. The van der Waals surface area contributed by atoms with Gasteiger partial charge in [-0.3, -0.25) is 4.79 Å². The van der Waals surface area contributed by atoms with Crippen molar-refractivity contribution in [3.8, 4) is 0 Å².